The lowest BCUT2D eigenvalue weighted by molar-refractivity contribution is 0.129. The van der Waals surface area contributed by atoms with E-state index in [1.54, 1.807) is 4.57 Å². The van der Waals surface area contributed by atoms with Crippen LogP contribution in [0, 0.1) is 0 Å². The first-order chi connectivity index (χ1) is 9.63. The number of aromatic nitrogens is 1. The van der Waals surface area contributed by atoms with Crippen molar-refractivity contribution >= 4 is 0 Å². The molecule has 0 saturated carbocycles. The van der Waals surface area contributed by atoms with E-state index in [4.69, 9.17) is 5.11 Å². The summed E-state index contributed by atoms with van der Waals surface area (Å²) in [4.78, 5) is 16.3. The Hall–Kier alpha value is -1.37. The quantitative estimate of drug-likeness (QED) is 0.774. The standard InChI is InChI=1S/C14H23N3O3/c1-2-15-3-5-16(6-4-15)10-12-9-13(19)14(20)11-17(12)7-8-18/h9,11,18,20H,2-8,10H2,1H3. The van der Waals surface area contributed by atoms with E-state index in [9.17, 15) is 9.90 Å². The van der Waals surface area contributed by atoms with Gasteiger partial charge < -0.3 is 19.7 Å². The molecule has 6 heteroatoms. The zero-order valence-corrected chi connectivity index (χ0v) is 12.0. The Morgan fingerprint density at radius 2 is 1.85 bits per heavy atom. The largest absolute Gasteiger partial charge is 0.503 e. The summed E-state index contributed by atoms with van der Waals surface area (Å²) in [5, 5.41) is 18.6. The normalized spacial score (nSPS) is 17.5. The van der Waals surface area contributed by atoms with Crippen LogP contribution in [0.5, 0.6) is 5.75 Å². The van der Waals surface area contributed by atoms with Gasteiger partial charge in [0.25, 0.3) is 0 Å². The highest BCUT2D eigenvalue weighted by molar-refractivity contribution is 5.20. The summed E-state index contributed by atoms with van der Waals surface area (Å²) in [6.07, 6.45) is 1.41. The second-order valence-electron chi connectivity index (χ2n) is 5.14. The predicted octanol–water partition coefficient (Wildman–Crippen LogP) is -0.316. The van der Waals surface area contributed by atoms with Crippen LogP contribution in [0.25, 0.3) is 0 Å². The van der Waals surface area contributed by atoms with E-state index in [0.29, 0.717) is 13.1 Å². The molecule has 1 saturated heterocycles. The molecule has 0 bridgehead atoms. The van der Waals surface area contributed by atoms with E-state index in [2.05, 4.69) is 16.7 Å². The van der Waals surface area contributed by atoms with Gasteiger partial charge in [-0.05, 0) is 6.54 Å². The zero-order valence-electron chi connectivity index (χ0n) is 12.0. The van der Waals surface area contributed by atoms with Crippen molar-refractivity contribution < 1.29 is 10.2 Å². The minimum absolute atomic E-state index is 0.0150. The van der Waals surface area contributed by atoms with Crippen LogP contribution < -0.4 is 5.43 Å². The number of pyridine rings is 1. The first-order valence-corrected chi connectivity index (χ1v) is 7.12. The summed E-state index contributed by atoms with van der Waals surface area (Å²) >= 11 is 0. The summed E-state index contributed by atoms with van der Waals surface area (Å²) in [6.45, 7) is 8.31. The van der Waals surface area contributed by atoms with E-state index in [1.807, 2.05) is 0 Å². The molecular weight excluding hydrogens is 258 g/mol. The molecule has 6 nitrogen and oxygen atoms in total. The van der Waals surface area contributed by atoms with Crippen molar-refractivity contribution in [2.45, 2.75) is 20.0 Å². The Labute approximate surface area is 118 Å². The maximum atomic E-state index is 11.6. The molecule has 0 aliphatic carbocycles. The Morgan fingerprint density at radius 3 is 2.45 bits per heavy atom. The molecule has 2 heterocycles. The SMILES string of the molecule is CCN1CCN(Cc2cc(=O)c(O)cn2CCO)CC1. The van der Waals surface area contributed by atoms with Crippen LogP contribution >= 0.6 is 0 Å². The summed E-state index contributed by atoms with van der Waals surface area (Å²) in [5.74, 6) is -0.266. The smallest absolute Gasteiger partial charge is 0.223 e. The third-order valence-corrected chi connectivity index (χ3v) is 3.84. The predicted molar refractivity (Wildman–Crippen MR) is 76.8 cm³/mol. The molecule has 1 aliphatic rings. The Morgan fingerprint density at radius 1 is 1.20 bits per heavy atom. The van der Waals surface area contributed by atoms with Gasteiger partial charge in [0.2, 0.25) is 5.43 Å². The molecule has 0 aromatic carbocycles. The molecule has 1 fully saturated rings. The van der Waals surface area contributed by atoms with Gasteiger partial charge >= 0.3 is 0 Å². The number of likely N-dealkylation sites (N-methyl/N-ethyl adjacent to an activating group) is 1. The Balaban J connectivity index is 2.08. The second kappa shape index (κ2) is 6.88. The van der Waals surface area contributed by atoms with Crippen molar-refractivity contribution in [3.8, 4) is 5.75 Å². The van der Waals surface area contributed by atoms with Crippen molar-refractivity contribution in [3.05, 3.63) is 28.2 Å². The number of aliphatic hydroxyl groups is 1. The third-order valence-electron chi connectivity index (χ3n) is 3.84. The van der Waals surface area contributed by atoms with Gasteiger partial charge in [-0.15, -0.1) is 0 Å². The van der Waals surface area contributed by atoms with Crippen molar-refractivity contribution in [2.24, 2.45) is 0 Å². The number of rotatable bonds is 5. The first-order valence-electron chi connectivity index (χ1n) is 7.12. The number of hydrogen-bond donors (Lipinski definition) is 2. The summed E-state index contributed by atoms with van der Waals surface area (Å²) in [5.41, 5.74) is 0.480. The van der Waals surface area contributed by atoms with Crippen molar-refractivity contribution in [3.63, 3.8) is 0 Å². The van der Waals surface area contributed by atoms with E-state index in [0.717, 1.165) is 38.4 Å². The molecule has 2 rings (SSSR count). The van der Waals surface area contributed by atoms with E-state index in [1.165, 1.54) is 12.3 Å². The lowest BCUT2D eigenvalue weighted by Crippen LogP contribution is -2.46. The lowest BCUT2D eigenvalue weighted by atomic mass is 10.2. The van der Waals surface area contributed by atoms with Crippen LogP contribution in [0.15, 0.2) is 17.1 Å². The average molecular weight is 281 g/mol. The summed E-state index contributed by atoms with van der Waals surface area (Å²) in [6, 6.07) is 1.47. The molecule has 0 amide bonds. The van der Waals surface area contributed by atoms with Gasteiger partial charge in [0.05, 0.1) is 12.8 Å². The number of aromatic hydroxyl groups is 1. The molecule has 0 radical (unpaired) electrons. The molecule has 20 heavy (non-hydrogen) atoms. The summed E-state index contributed by atoms with van der Waals surface area (Å²) < 4.78 is 1.75. The molecule has 0 unspecified atom stereocenters. The maximum Gasteiger partial charge on any atom is 0.223 e. The number of nitrogens with zero attached hydrogens (tertiary/aromatic N) is 3. The molecule has 2 N–H and O–H groups in total. The Bertz CT molecular complexity index is 493. The lowest BCUT2D eigenvalue weighted by Gasteiger charge is -2.34. The van der Waals surface area contributed by atoms with Crippen LogP contribution in [-0.4, -0.2) is 63.9 Å². The fourth-order valence-electron chi connectivity index (χ4n) is 2.55. The Kier molecular flexibility index (Phi) is 5.17. The number of piperazine rings is 1. The van der Waals surface area contributed by atoms with Crippen molar-refractivity contribution in [1.82, 2.24) is 14.4 Å². The molecule has 0 atom stereocenters. The highest BCUT2D eigenvalue weighted by Gasteiger charge is 2.17. The van der Waals surface area contributed by atoms with Crippen molar-refractivity contribution in [1.29, 1.82) is 0 Å². The molecule has 1 aromatic heterocycles. The van der Waals surface area contributed by atoms with Gasteiger partial charge in [-0.25, -0.2) is 0 Å². The van der Waals surface area contributed by atoms with Crippen LogP contribution in [0.1, 0.15) is 12.6 Å². The van der Waals surface area contributed by atoms with Gasteiger partial charge in [0.1, 0.15) is 0 Å². The van der Waals surface area contributed by atoms with Crippen LogP contribution in [-0.2, 0) is 13.1 Å². The van der Waals surface area contributed by atoms with Gasteiger partial charge in [-0.1, -0.05) is 6.92 Å². The molecule has 1 aromatic rings. The van der Waals surface area contributed by atoms with E-state index >= 15 is 0 Å². The van der Waals surface area contributed by atoms with Crippen LogP contribution in [0.3, 0.4) is 0 Å². The second-order valence-corrected chi connectivity index (χ2v) is 5.14. The molecule has 1 aliphatic heterocycles. The van der Waals surface area contributed by atoms with Gasteiger partial charge in [0.15, 0.2) is 5.75 Å². The fraction of sp³-hybridized carbons (Fsp3) is 0.643. The summed E-state index contributed by atoms with van der Waals surface area (Å²) in [7, 11) is 0. The highest BCUT2D eigenvalue weighted by Crippen LogP contribution is 2.10. The van der Waals surface area contributed by atoms with Gasteiger partial charge in [0, 0.05) is 51.0 Å². The highest BCUT2D eigenvalue weighted by atomic mass is 16.3. The third kappa shape index (κ3) is 3.59. The molecule has 112 valence electrons. The average Bonchev–Trinajstić information content (AvgIpc) is 2.45. The monoisotopic (exact) mass is 281 g/mol. The van der Waals surface area contributed by atoms with Gasteiger partial charge in [-0.3, -0.25) is 9.69 Å². The number of hydrogen-bond acceptors (Lipinski definition) is 5. The number of aliphatic hydroxyl groups excluding tert-OH is 1. The first kappa shape index (κ1) is 15.0. The topological polar surface area (TPSA) is 68.9 Å². The minimum Gasteiger partial charge on any atom is -0.503 e. The van der Waals surface area contributed by atoms with E-state index < -0.39 is 0 Å². The minimum atomic E-state index is -0.360. The van der Waals surface area contributed by atoms with Crippen LogP contribution in [0.4, 0.5) is 0 Å². The molecular formula is C14H23N3O3. The fourth-order valence-corrected chi connectivity index (χ4v) is 2.55. The molecule has 0 spiro atoms. The van der Waals surface area contributed by atoms with Crippen molar-refractivity contribution in [2.75, 3.05) is 39.3 Å². The maximum absolute atomic E-state index is 11.6. The van der Waals surface area contributed by atoms with Crippen LogP contribution in [0.2, 0.25) is 0 Å². The van der Waals surface area contributed by atoms with Gasteiger partial charge in [-0.2, -0.15) is 0 Å². The zero-order chi connectivity index (χ0) is 14.5. The van der Waals surface area contributed by atoms with E-state index in [-0.39, 0.29) is 17.8 Å².